The van der Waals surface area contributed by atoms with Crippen molar-refractivity contribution in [1.82, 2.24) is 24.8 Å². The van der Waals surface area contributed by atoms with E-state index in [1.807, 2.05) is 30.3 Å². The first-order valence-corrected chi connectivity index (χ1v) is 11.1. The van der Waals surface area contributed by atoms with Gasteiger partial charge in [0.25, 0.3) is 0 Å². The average molecular weight is 447 g/mol. The Morgan fingerprint density at radius 2 is 2.06 bits per heavy atom. The maximum atomic E-state index is 12.5. The number of carbonyl (C=O) groups is 1. The summed E-state index contributed by atoms with van der Waals surface area (Å²) in [4.78, 5) is 23.7. The highest BCUT2D eigenvalue weighted by atomic mass is 16.2. The normalized spacial score (nSPS) is 17.0. The van der Waals surface area contributed by atoms with E-state index in [0.29, 0.717) is 16.9 Å². The second-order valence-corrected chi connectivity index (χ2v) is 8.45. The van der Waals surface area contributed by atoms with Crippen LogP contribution in [0.3, 0.4) is 0 Å². The van der Waals surface area contributed by atoms with E-state index in [9.17, 15) is 4.79 Å². The summed E-state index contributed by atoms with van der Waals surface area (Å²) in [6.07, 6.45) is 8.46. The molecule has 33 heavy (non-hydrogen) atoms. The third-order valence-electron chi connectivity index (χ3n) is 5.94. The number of anilines is 1. The lowest BCUT2D eigenvalue weighted by atomic mass is 10.1. The van der Waals surface area contributed by atoms with Crippen molar-refractivity contribution in [2.45, 2.75) is 31.8 Å². The standard InChI is InChI=1S/C24H30N8O/c1-16(24(33)30-21-6-8-31(2)9-7-21)27-13-19(12-25)18-11-23-28-15-22(32(23)29-14-18)17-4-3-5-20(26)10-17/h3-5,10-16,21H,6-9,25-26H2,1-2H3,(H,30,33). The van der Waals surface area contributed by atoms with Crippen molar-refractivity contribution in [2.24, 2.45) is 10.7 Å². The number of aromatic nitrogens is 3. The minimum Gasteiger partial charge on any atom is -0.404 e. The Kier molecular flexibility index (Phi) is 6.69. The number of fused-ring (bicyclic) bond motifs is 1. The van der Waals surface area contributed by atoms with Gasteiger partial charge in [0.1, 0.15) is 6.04 Å². The molecule has 3 heterocycles. The van der Waals surface area contributed by atoms with Gasteiger partial charge < -0.3 is 21.7 Å². The minimum absolute atomic E-state index is 0.0780. The van der Waals surface area contributed by atoms with Crippen LogP contribution >= 0.6 is 0 Å². The zero-order chi connectivity index (χ0) is 23.4. The minimum atomic E-state index is -0.516. The second kappa shape index (κ2) is 9.83. The van der Waals surface area contributed by atoms with E-state index in [1.54, 1.807) is 30.0 Å². The van der Waals surface area contributed by atoms with Crippen LogP contribution in [0.15, 0.2) is 53.9 Å². The first kappa shape index (κ1) is 22.5. The lowest BCUT2D eigenvalue weighted by Gasteiger charge is -2.29. The van der Waals surface area contributed by atoms with Gasteiger partial charge in [-0.3, -0.25) is 9.79 Å². The molecule has 0 radical (unpaired) electrons. The van der Waals surface area contributed by atoms with E-state index in [-0.39, 0.29) is 11.9 Å². The average Bonchev–Trinajstić information content (AvgIpc) is 3.24. The number of hydrogen-bond donors (Lipinski definition) is 3. The number of nitrogens with one attached hydrogen (secondary N) is 1. The molecule has 0 aliphatic carbocycles. The van der Waals surface area contributed by atoms with Crippen LogP contribution in [0.5, 0.6) is 0 Å². The van der Waals surface area contributed by atoms with E-state index in [1.165, 1.54) is 6.20 Å². The quantitative estimate of drug-likeness (QED) is 0.392. The molecule has 9 nitrogen and oxygen atoms in total. The summed E-state index contributed by atoms with van der Waals surface area (Å²) in [7, 11) is 2.10. The smallest absolute Gasteiger partial charge is 0.244 e. The van der Waals surface area contributed by atoms with Crippen LogP contribution in [0.2, 0.25) is 0 Å². The molecule has 1 aliphatic heterocycles. The highest BCUT2D eigenvalue weighted by molar-refractivity contribution is 6.10. The summed E-state index contributed by atoms with van der Waals surface area (Å²) in [5, 5.41) is 7.64. The molecule has 1 amide bonds. The fourth-order valence-corrected chi connectivity index (χ4v) is 3.88. The van der Waals surface area contributed by atoms with Crippen LogP contribution in [-0.2, 0) is 4.79 Å². The zero-order valence-electron chi connectivity index (χ0n) is 19.0. The number of rotatable bonds is 6. The first-order chi connectivity index (χ1) is 15.9. The highest BCUT2D eigenvalue weighted by Gasteiger charge is 2.20. The van der Waals surface area contributed by atoms with E-state index < -0.39 is 6.04 Å². The molecular weight excluding hydrogens is 416 g/mol. The number of hydrogen-bond acceptors (Lipinski definition) is 7. The summed E-state index contributed by atoms with van der Waals surface area (Å²) in [5.74, 6) is -0.0780. The van der Waals surface area contributed by atoms with Gasteiger partial charge in [-0.2, -0.15) is 5.10 Å². The number of allylic oxidation sites excluding steroid dienone is 1. The van der Waals surface area contributed by atoms with Gasteiger partial charge in [0.15, 0.2) is 5.65 Å². The molecular formula is C24H30N8O. The molecule has 1 aliphatic rings. The van der Waals surface area contributed by atoms with Crippen molar-refractivity contribution in [2.75, 3.05) is 25.9 Å². The number of amides is 1. The Morgan fingerprint density at radius 3 is 2.79 bits per heavy atom. The predicted molar refractivity (Wildman–Crippen MR) is 132 cm³/mol. The molecule has 172 valence electrons. The maximum Gasteiger partial charge on any atom is 0.244 e. The van der Waals surface area contributed by atoms with Crippen LogP contribution < -0.4 is 16.8 Å². The molecule has 9 heteroatoms. The van der Waals surface area contributed by atoms with Crippen molar-refractivity contribution in [3.05, 3.63) is 54.5 Å². The molecule has 2 aromatic heterocycles. The number of benzene rings is 1. The third kappa shape index (κ3) is 5.20. The number of aliphatic imine (C=N–C) groups is 1. The molecule has 1 atom stereocenters. The molecule has 4 rings (SSSR count). The molecule has 5 N–H and O–H groups in total. The van der Waals surface area contributed by atoms with Crippen molar-refractivity contribution in [1.29, 1.82) is 0 Å². The molecule has 1 unspecified atom stereocenters. The van der Waals surface area contributed by atoms with E-state index in [4.69, 9.17) is 11.5 Å². The molecule has 0 spiro atoms. The highest BCUT2D eigenvalue weighted by Crippen LogP contribution is 2.23. The summed E-state index contributed by atoms with van der Waals surface area (Å²) in [6, 6.07) is 9.16. The van der Waals surface area contributed by atoms with E-state index in [2.05, 4.69) is 32.3 Å². The number of nitrogens with two attached hydrogens (primary N) is 2. The molecule has 1 fully saturated rings. The van der Waals surface area contributed by atoms with Crippen molar-refractivity contribution in [3.63, 3.8) is 0 Å². The molecule has 1 saturated heterocycles. The van der Waals surface area contributed by atoms with Crippen LogP contribution in [-0.4, -0.2) is 63.8 Å². The number of imidazole rings is 1. The Morgan fingerprint density at radius 1 is 1.27 bits per heavy atom. The monoisotopic (exact) mass is 446 g/mol. The summed E-state index contributed by atoms with van der Waals surface area (Å²) < 4.78 is 1.75. The Bertz CT molecular complexity index is 1190. The van der Waals surface area contributed by atoms with Crippen LogP contribution in [0.4, 0.5) is 5.69 Å². The van der Waals surface area contributed by atoms with E-state index >= 15 is 0 Å². The molecule has 0 saturated carbocycles. The van der Waals surface area contributed by atoms with Gasteiger partial charge in [0.05, 0.1) is 18.1 Å². The second-order valence-electron chi connectivity index (χ2n) is 8.45. The van der Waals surface area contributed by atoms with Crippen molar-refractivity contribution >= 4 is 29.0 Å². The fraction of sp³-hybridized carbons (Fsp3) is 0.333. The number of likely N-dealkylation sites (tertiary alicyclic amines) is 1. The topological polar surface area (TPSA) is 127 Å². The van der Waals surface area contributed by atoms with Gasteiger partial charge in [-0.15, -0.1) is 0 Å². The maximum absolute atomic E-state index is 12.5. The van der Waals surface area contributed by atoms with Crippen LogP contribution in [0.1, 0.15) is 25.3 Å². The SMILES string of the molecule is CC(N=CC(=CN)c1cnn2c(-c3cccc(N)c3)cnc2c1)C(=O)NC1CCN(C)CC1. The largest absolute Gasteiger partial charge is 0.404 e. The number of piperidine rings is 1. The van der Waals surface area contributed by atoms with Gasteiger partial charge in [0, 0.05) is 40.8 Å². The van der Waals surface area contributed by atoms with Gasteiger partial charge in [-0.1, -0.05) is 12.1 Å². The van der Waals surface area contributed by atoms with Gasteiger partial charge in [0.2, 0.25) is 5.91 Å². The van der Waals surface area contributed by atoms with Crippen molar-refractivity contribution < 1.29 is 4.79 Å². The Hall–Kier alpha value is -3.72. The van der Waals surface area contributed by atoms with Crippen LogP contribution in [0.25, 0.3) is 22.5 Å². The van der Waals surface area contributed by atoms with Crippen LogP contribution in [0, 0.1) is 0 Å². The molecule has 3 aromatic rings. The summed E-state index contributed by atoms with van der Waals surface area (Å²) in [6.45, 7) is 3.76. The Balaban J connectivity index is 1.46. The van der Waals surface area contributed by atoms with Gasteiger partial charge >= 0.3 is 0 Å². The fourth-order valence-electron chi connectivity index (χ4n) is 3.88. The zero-order valence-corrected chi connectivity index (χ0v) is 19.0. The van der Waals surface area contributed by atoms with E-state index in [0.717, 1.165) is 42.8 Å². The predicted octanol–water partition coefficient (Wildman–Crippen LogP) is 1.95. The van der Waals surface area contributed by atoms with Gasteiger partial charge in [-0.25, -0.2) is 9.50 Å². The first-order valence-electron chi connectivity index (χ1n) is 11.1. The third-order valence-corrected chi connectivity index (χ3v) is 5.94. The summed E-state index contributed by atoms with van der Waals surface area (Å²) >= 11 is 0. The van der Waals surface area contributed by atoms with Gasteiger partial charge in [-0.05, 0) is 58.1 Å². The Labute approximate surface area is 193 Å². The number of nitrogens with zero attached hydrogens (tertiary/aromatic N) is 5. The van der Waals surface area contributed by atoms with Crippen molar-refractivity contribution in [3.8, 4) is 11.3 Å². The molecule has 0 bridgehead atoms. The molecule has 1 aromatic carbocycles. The summed E-state index contributed by atoms with van der Waals surface area (Å²) in [5.41, 5.74) is 16.3. The lowest BCUT2D eigenvalue weighted by molar-refractivity contribution is -0.122. The number of carbonyl (C=O) groups excluding carboxylic acids is 1. The lowest BCUT2D eigenvalue weighted by Crippen LogP contribution is -2.45. The number of nitrogen functional groups attached to an aromatic ring is 1.